The highest BCUT2D eigenvalue weighted by atomic mass is 16.6. The maximum atomic E-state index is 12.5. The molecule has 34 heavy (non-hydrogen) atoms. The van der Waals surface area contributed by atoms with Crippen molar-refractivity contribution >= 4 is 23.7 Å². The van der Waals surface area contributed by atoms with Crippen LogP contribution in [0.25, 0.3) is 0 Å². The van der Waals surface area contributed by atoms with Crippen molar-refractivity contribution in [1.82, 2.24) is 10.2 Å². The number of carbonyl (C=O) groups excluding carboxylic acids is 3. The topological polar surface area (TPSA) is 235 Å². The van der Waals surface area contributed by atoms with E-state index in [1.807, 2.05) is 0 Å². The van der Waals surface area contributed by atoms with Crippen LogP contribution in [-0.4, -0.2) is 112 Å². The van der Waals surface area contributed by atoms with Gasteiger partial charge in [-0.2, -0.15) is 0 Å². The van der Waals surface area contributed by atoms with Gasteiger partial charge in [-0.3, -0.25) is 19.2 Å². The second-order valence-corrected chi connectivity index (χ2v) is 8.45. The van der Waals surface area contributed by atoms with Crippen LogP contribution in [-0.2, 0) is 28.7 Å². The molecular formula is C20H36N4O10. The molecule has 0 aromatic rings. The molecule has 1 heterocycles. The summed E-state index contributed by atoms with van der Waals surface area (Å²) in [7, 11) is 0. The Morgan fingerprint density at radius 3 is 2.29 bits per heavy atom. The van der Waals surface area contributed by atoms with Crippen molar-refractivity contribution in [3.63, 3.8) is 0 Å². The average Bonchev–Trinajstić information content (AvgIpc) is 2.75. The molecule has 0 spiro atoms. The van der Waals surface area contributed by atoms with Gasteiger partial charge in [-0.05, 0) is 13.3 Å². The molecule has 0 radical (unpaired) electrons. The molecule has 3 amide bonds. The fraction of sp³-hybridized carbons (Fsp3) is 0.800. The van der Waals surface area contributed by atoms with Gasteiger partial charge in [-0.1, -0.05) is 6.92 Å². The third-order valence-electron chi connectivity index (χ3n) is 5.48. The van der Waals surface area contributed by atoms with Crippen molar-refractivity contribution < 1.29 is 49.1 Å². The van der Waals surface area contributed by atoms with E-state index in [0.717, 1.165) is 0 Å². The largest absolute Gasteiger partial charge is 0.481 e. The van der Waals surface area contributed by atoms with Gasteiger partial charge in [0.05, 0.1) is 24.7 Å². The van der Waals surface area contributed by atoms with Gasteiger partial charge in [-0.15, -0.1) is 0 Å². The summed E-state index contributed by atoms with van der Waals surface area (Å²) in [5, 5.41) is 40.7. The van der Waals surface area contributed by atoms with Crippen LogP contribution in [0.15, 0.2) is 0 Å². The molecule has 196 valence electrons. The number of carbonyl (C=O) groups is 4. The van der Waals surface area contributed by atoms with E-state index in [1.54, 1.807) is 6.92 Å². The molecular weight excluding hydrogens is 456 g/mol. The van der Waals surface area contributed by atoms with Crippen LogP contribution in [0.1, 0.15) is 33.6 Å². The lowest BCUT2D eigenvalue weighted by Crippen LogP contribution is -2.63. The van der Waals surface area contributed by atoms with E-state index < -0.39 is 73.1 Å². The number of hydrogen-bond donors (Lipinski definition) is 7. The first-order valence-electron chi connectivity index (χ1n) is 10.9. The van der Waals surface area contributed by atoms with Gasteiger partial charge in [0.25, 0.3) is 0 Å². The predicted octanol–water partition coefficient (Wildman–Crippen LogP) is -3.52. The zero-order chi connectivity index (χ0) is 26.2. The molecule has 0 aliphatic carbocycles. The van der Waals surface area contributed by atoms with Crippen molar-refractivity contribution in [1.29, 1.82) is 0 Å². The van der Waals surface area contributed by atoms with Gasteiger partial charge in [0, 0.05) is 26.4 Å². The summed E-state index contributed by atoms with van der Waals surface area (Å²) >= 11 is 0. The normalized spacial score (nSPS) is 27.3. The zero-order valence-electron chi connectivity index (χ0n) is 19.5. The van der Waals surface area contributed by atoms with E-state index in [9.17, 15) is 34.5 Å². The minimum Gasteiger partial charge on any atom is -0.481 e. The van der Waals surface area contributed by atoms with Gasteiger partial charge < -0.3 is 51.6 Å². The molecule has 14 heteroatoms. The number of nitrogens with one attached hydrogen (secondary N) is 1. The van der Waals surface area contributed by atoms with Gasteiger partial charge in [0.2, 0.25) is 17.7 Å². The molecule has 1 aliphatic rings. The lowest BCUT2D eigenvalue weighted by molar-refractivity contribution is -0.263. The molecule has 14 nitrogen and oxygen atoms in total. The molecule has 9 N–H and O–H groups in total. The first-order chi connectivity index (χ1) is 15.8. The van der Waals surface area contributed by atoms with Crippen molar-refractivity contribution in [2.75, 3.05) is 19.7 Å². The number of nitrogens with zero attached hydrogens (tertiary/aromatic N) is 1. The lowest BCUT2D eigenvalue weighted by Gasteiger charge is -2.42. The SMILES string of the molecule is CC(=O)N(CC(C)O[C@@H]1[C@@H](N)[C@@H](O)O[C@H](CO)[C@H]1O)CC(C)C(=O)N[C@H](CCC(=O)O)C(N)=O. The molecule has 0 aromatic carbocycles. The van der Waals surface area contributed by atoms with Crippen LogP contribution in [0.3, 0.4) is 0 Å². The molecule has 0 aromatic heterocycles. The van der Waals surface area contributed by atoms with E-state index in [2.05, 4.69) is 5.32 Å². The number of primary amides is 1. The van der Waals surface area contributed by atoms with E-state index in [1.165, 1.54) is 18.7 Å². The van der Waals surface area contributed by atoms with E-state index in [0.29, 0.717) is 0 Å². The van der Waals surface area contributed by atoms with Crippen molar-refractivity contribution in [2.45, 2.75) is 76.4 Å². The fourth-order valence-corrected chi connectivity index (χ4v) is 3.51. The number of nitrogens with two attached hydrogens (primary N) is 2. The van der Waals surface area contributed by atoms with E-state index in [-0.39, 0.29) is 31.8 Å². The highest BCUT2D eigenvalue weighted by Crippen LogP contribution is 2.22. The molecule has 0 saturated carbocycles. The van der Waals surface area contributed by atoms with Crippen molar-refractivity contribution in [2.24, 2.45) is 17.4 Å². The molecule has 1 rings (SSSR count). The minimum atomic E-state index is -1.47. The predicted molar refractivity (Wildman–Crippen MR) is 116 cm³/mol. The Bertz CT molecular complexity index is 723. The Balaban J connectivity index is 2.75. The fourth-order valence-electron chi connectivity index (χ4n) is 3.51. The Morgan fingerprint density at radius 2 is 1.79 bits per heavy atom. The number of aliphatic hydroxyl groups is 3. The highest BCUT2D eigenvalue weighted by molar-refractivity contribution is 5.88. The summed E-state index contributed by atoms with van der Waals surface area (Å²) in [6, 6.07) is -2.27. The van der Waals surface area contributed by atoms with E-state index in [4.69, 9.17) is 26.0 Å². The molecule has 1 saturated heterocycles. The number of amides is 3. The summed E-state index contributed by atoms with van der Waals surface area (Å²) in [5.41, 5.74) is 11.1. The Kier molecular flexibility index (Phi) is 11.8. The van der Waals surface area contributed by atoms with Crippen molar-refractivity contribution in [3.8, 4) is 0 Å². The van der Waals surface area contributed by atoms with Crippen molar-refractivity contribution in [3.05, 3.63) is 0 Å². The molecule has 8 atom stereocenters. The summed E-state index contributed by atoms with van der Waals surface area (Å²) in [4.78, 5) is 48.2. The quantitative estimate of drug-likeness (QED) is 0.133. The van der Waals surface area contributed by atoms with E-state index >= 15 is 0 Å². The number of rotatable bonds is 13. The third kappa shape index (κ3) is 8.77. The van der Waals surface area contributed by atoms with Crippen LogP contribution in [0.5, 0.6) is 0 Å². The van der Waals surface area contributed by atoms with Gasteiger partial charge >= 0.3 is 5.97 Å². The number of carboxylic acid groups (broad SMARTS) is 1. The maximum Gasteiger partial charge on any atom is 0.303 e. The Hall–Kier alpha value is -2.36. The van der Waals surface area contributed by atoms with Gasteiger partial charge in [-0.25, -0.2) is 0 Å². The number of ether oxygens (including phenoxy) is 2. The summed E-state index contributed by atoms with van der Waals surface area (Å²) in [6.45, 7) is 3.80. The smallest absolute Gasteiger partial charge is 0.303 e. The zero-order valence-corrected chi connectivity index (χ0v) is 19.5. The number of hydrogen-bond acceptors (Lipinski definition) is 10. The maximum absolute atomic E-state index is 12.5. The number of aliphatic hydroxyl groups excluding tert-OH is 3. The minimum absolute atomic E-state index is 0.00188. The molecule has 1 aliphatic heterocycles. The summed E-state index contributed by atoms with van der Waals surface area (Å²) < 4.78 is 10.8. The van der Waals surface area contributed by atoms with Gasteiger partial charge in [0.1, 0.15) is 24.4 Å². The number of aliphatic carboxylic acids is 1. The summed E-state index contributed by atoms with van der Waals surface area (Å²) in [6.07, 6.45) is -6.19. The number of carboxylic acids is 1. The van der Waals surface area contributed by atoms with Crippen LogP contribution in [0.4, 0.5) is 0 Å². The first-order valence-corrected chi connectivity index (χ1v) is 10.9. The lowest BCUT2D eigenvalue weighted by atomic mass is 9.97. The monoisotopic (exact) mass is 492 g/mol. The Morgan fingerprint density at radius 1 is 1.18 bits per heavy atom. The molecule has 0 bridgehead atoms. The second-order valence-electron chi connectivity index (χ2n) is 8.45. The van der Waals surface area contributed by atoms with Gasteiger partial charge in [0.15, 0.2) is 6.29 Å². The first kappa shape index (κ1) is 29.7. The molecule has 1 fully saturated rings. The van der Waals surface area contributed by atoms with Crippen LogP contribution >= 0.6 is 0 Å². The summed E-state index contributed by atoms with van der Waals surface area (Å²) in [5.74, 6) is -3.76. The van der Waals surface area contributed by atoms with Crippen LogP contribution in [0, 0.1) is 5.92 Å². The second kappa shape index (κ2) is 13.5. The highest BCUT2D eigenvalue weighted by Gasteiger charge is 2.44. The average molecular weight is 493 g/mol. The third-order valence-corrected chi connectivity index (χ3v) is 5.48. The molecule has 2 unspecified atom stereocenters. The van der Waals surface area contributed by atoms with Crippen LogP contribution in [0.2, 0.25) is 0 Å². The van der Waals surface area contributed by atoms with Crippen LogP contribution < -0.4 is 16.8 Å². The standard InChI is InChI=1S/C20H36N4O10/c1-9(19(31)23-12(18(22)30)4-5-14(27)28)6-24(11(3)26)7-10(2)33-17-15(21)20(32)34-13(8-25)16(17)29/h9-10,12-13,15-17,20,25,29,32H,4-8,21H2,1-3H3,(H2,22,30)(H,23,31)(H,27,28)/t9?,10?,12-,13-,15-,16-,17-,20+/m1/s1. The Labute approximate surface area is 197 Å².